The van der Waals surface area contributed by atoms with E-state index in [0.29, 0.717) is 34.5 Å². The average Bonchev–Trinajstić information content (AvgIpc) is 2.80. The molecule has 0 heterocycles. The van der Waals surface area contributed by atoms with Gasteiger partial charge in [-0.25, -0.2) is 4.39 Å². The molecule has 0 aliphatic carbocycles. The van der Waals surface area contributed by atoms with Crippen LogP contribution in [0.5, 0.6) is 0 Å². The Balaban J connectivity index is 2.29. The molecule has 0 saturated carbocycles. The number of nitrogens with zero attached hydrogens (tertiary/aromatic N) is 3. The van der Waals surface area contributed by atoms with Gasteiger partial charge in [0.25, 0.3) is 5.91 Å². The molecule has 1 amide bonds. The van der Waals surface area contributed by atoms with E-state index in [0.717, 1.165) is 0 Å². The Morgan fingerprint density at radius 2 is 1.61 bits per heavy atom. The lowest BCUT2D eigenvalue weighted by Gasteiger charge is -2.11. The minimum Gasteiger partial charge on any atom is -0.399 e. The number of hydrogen-bond acceptors (Lipinski definition) is 7. The Labute approximate surface area is 180 Å². The lowest BCUT2D eigenvalue weighted by molar-refractivity contribution is -0.114. The summed E-state index contributed by atoms with van der Waals surface area (Å²) in [5.74, 6) is -0.745. The molecule has 9 heteroatoms. The number of hydrogen-bond donors (Lipinski definition) is 1. The van der Waals surface area contributed by atoms with Gasteiger partial charge in [0.05, 0.1) is 0 Å². The van der Waals surface area contributed by atoms with Crippen LogP contribution >= 0.6 is 0 Å². The van der Waals surface area contributed by atoms with Crippen LogP contribution in [0.3, 0.4) is 0 Å². The molecule has 0 saturated heterocycles. The molecule has 0 aromatic heterocycles. The summed E-state index contributed by atoms with van der Waals surface area (Å²) >= 11 is 0. The number of carbonyl (C=O) groups is 1. The first-order valence-electron chi connectivity index (χ1n) is 9.53. The minimum atomic E-state index is -0.391. The first kappa shape index (κ1) is 23.5. The standard InChI is InChI=1S/C22H25FN4O4/c1-5-19(20(26-29-3)15-10-12-17(23)13-11-15)25-31-14-16-8-6-7-9-18(16)21(27-30-4)22(28)24-2/h6-13H,5,14H2,1-4H3,(H,24,28)/b25-19?,26-20-,27-21?. The highest BCUT2D eigenvalue weighted by molar-refractivity contribution is 6.48. The van der Waals surface area contributed by atoms with E-state index in [-0.39, 0.29) is 18.1 Å². The van der Waals surface area contributed by atoms with E-state index in [1.807, 2.05) is 13.0 Å². The Hall–Kier alpha value is -3.75. The predicted octanol–water partition coefficient (Wildman–Crippen LogP) is 3.26. The van der Waals surface area contributed by atoms with Gasteiger partial charge >= 0.3 is 0 Å². The molecular weight excluding hydrogens is 403 g/mol. The van der Waals surface area contributed by atoms with Crippen LogP contribution in [0, 0.1) is 5.82 Å². The van der Waals surface area contributed by atoms with E-state index >= 15 is 0 Å². The van der Waals surface area contributed by atoms with E-state index in [2.05, 4.69) is 20.8 Å². The minimum absolute atomic E-state index is 0.0725. The molecule has 0 aliphatic rings. The van der Waals surface area contributed by atoms with Crippen molar-refractivity contribution in [1.29, 1.82) is 0 Å². The number of oxime groups is 3. The van der Waals surface area contributed by atoms with Crippen molar-refractivity contribution in [3.8, 4) is 0 Å². The van der Waals surface area contributed by atoms with Gasteiger partial charge in [-0.3, -0.25) is 4.79 Å². The van der Waals surface area contributed by atoms with Crippen LogP contribution in [0.2, 0.25) is 0 Å². The van der Waals surface area contributed by atoms with Crippen molar-refractivity contribution in [3.63, 3.8) is 0 Å². The Morgan fingerprint density at radius 3 is 2.23 bits per heavy atom. The number of likely N-dealkylation sites (N-methyl/N-ethyl adjacent to an activating group) is 1. The van der Waals surface area contributed by atoms with Crippen LogP contribution in [0.1, 0.15) is 30.0 Å². The molecule has 2 aromatic carbocycles. The summed E-state index contributed by atoms with van der Waals surface area (Å²) in [5, 5.41) is 14.6. The Bertz CT molecular complexity index is 972. The summed E-state index contributed by atoms with van der Waals surface area (Å²) in [6, 6.07) is 13.0. The molecule has 0 unspecified atom stereocenters. The fraction of sp³-hybridized carbons (Fsp3) is 0.273. The zero-order valence-electron chi connectivity index (χ0n) is 17.9. The molecule has 1 N–H and O–H groups in total. The third-order valence-electron chi connectivity index (χ3n) is 4.20. The smallest absolute Gasteiger partial charge is 0.273 e. The van der Waals surface area contributed by atoms with E-state index in [1.54, 1.807) is 30.3 Å². The molecule has 0 spiro atoms. The van der Waals surface area contributed by atoms with Crippen molar-refractivity contribution in [3.05, 3.63) is 71.0 Å². The molecule has 8 nitrogen and oxygen atoms in total. The molecule has 0 aliphatic heterocycles. The Morgan fingerprint density at radius 1 is 0.968 bits per heavy atom. The third kappa shape index (κ3) is 6.36. The highest BCUT2D eigenvalue weighted by Crippen LogP contribution is 2.14. The Kier molecular flexibility index (Phi) is 9.15. The summed E-state index contributed by atoms with van der Waals surface area (Å²) in [6.45, 7) is 1.96. The second kappa shape index (κ2) is 12.1. The summed E-state index contributed by atoms with van der Waals surface area (Å²) in [5.41, 5.74) is 2.96. The molecule has 2 aromatic rings. The van der Waals surface area contributed by atoms with Gasteiger partial charge in [-0.2, -0.15) is 0 Å². The summed E-state index contributed by atoms with van der Waals surface area (Å²) < 4.78 is 13.3. The van der Waals surface area contributed by atoms with Gasteiger partial charge in [0.15, 0.2) is 5.71 Å². The molecule has 0 fully saturated rings. The third-order valence-corrected chi connectivity index (χ3v) is 4.20. The van der Waals surface area contributed by atoms with Crippen molar-refractivity contribution in [2.75, 3.05) is 21.3 Å². The fourth-order valence-corrected chi connectivity index (χ4v) is 2.73. The van der Waals surface area contributed by atoms with Crippen molar-refractivity contribution in [1.82, 2.24) is 5.32 Å². The molecule has 0 bridgehead atoms. The van der Waals surface area contributed by atoms with Crippen LogP contribution < -0.4 is 5.32 Å². The average molecular weight is 428 g/mol. The van der Waals surface area contributed by atoms with Crippen molar-refractivity contribution < 1.29 is 23.7 Å². The summed E-state index contributed by atoms with van der Waals surface area (Å²) in [4.78, 5) is 27.5. The quantitative estimate of drug-likeness (QED) is 0.464. The highest BCUT2D eigenvalue weighted by atomic mass is 19.1. The second-order valence-corrected chi connectivity index (χ2v) is 6.15. The van der Waals surface area contributed by atoms with E-state index < -0.39 is 5.91 Å². The zero-order valence-corrected chi connectivity index (χ0v) is 17.9. The van der Waals surface area contributed by atoms with Crippen molar-refractivity contribution in [2.45, 2.75) is 20.0 Å². The number of halogens is 1. The SMILES string of the molecule is CCC(=NOCc1ccccc1C(=NOC)C(=O)NC)/C(=N\OC)c1ccc(F)cc1. The van der Waals surface area contributed by atoms with Gasteiger partial charge in [0.1, 0.15) is 38.1 Å². The lowest BCUT2D eigenvalue weighted by atomic mass is 10.0. The molecule has 2 rings (SSSR count). The molecular formula is C22H25FN4O4. The van der Waals surface area contributed by atoms with Gasteiger partial charge in [-0.15, -0.1) is 0 Å². The fourth-order valence-electron chi connectivity index (χ4n) is 2.73. The van der Waals surface area contributed by atoms with Gasteiger partial charge in [-0.1, -0.05) is 46.7 Å². The van der Waals surface area contributed by atoms with Crippen LogP contribution in [0.25, 0.3) is 0 Å². The van der Waals surface area contributed by atoms with E-state index in [9.17, 15) is 9.18 Å². The molecule has 0 atom stereocenters. The largest absolute Gasteiger partial charge is 0.399 e. The van der Waals surface area contributed by atoms with Gasteiger partial charge in [0, 0.05) is 23.7 Å². The molecule has 0 radical (unpaired) electrons. The number of benzene rings is 2. The number of carbonyl (C=O) groups excluding carboxylic acids is 1. The topological polar surface area (TPSA) is 93.9 Å². The first-order chi connectivity index (χ1) is 15.0. The van der Waals surface area contributed by atoms with Crippen LogP contribution in [-0.2, 0) is 25.9 Å². The second-order valence-electron chi connectivity index (χ2n) is 6.15. The van der Waals surface area contributed by atoms with Crippen LogP contribution in [0.4, 0.5) is 4.39 Å². The normalized spacial score (nSPS) is 12.4. The molecule has 31 heavy (non-hydrogen) atoms. The van der Waals surface area contributed by atoms with Crippen molar-refractivity contribution >= 4 is 23.0 Å². The maximum atomic E-state index is 13.3. The zero-order chi connectivity index (χ0) is 22.6. The van der Waals surface area contributed by atoms with Gasteiger partial charge < -0.3 is 19.8 Å². The van der Waals surface area contributed by atoms with Crippen LogP contribution in [-0.4, -0.2) is 44.3 Å². The summed E-state index contributed by atoms with van der Waals surface area (Å²) in [6.07, 6.45) is 0.496. The number of rotatable bonds is 10. The predicted molar refractivity (Wildman–Crippen MR) is 117 cm³/mol. The first-order valence-corrected chi connectivity index (χ1v) is 9.53. The van der Waals surface area contributed by atoms with Gasteiger partial charge in [-0.05, 0) is 30.7 Å². The van der Waals surface area contributed by atoms with Crippen LogP contribution in [0.15, 0.2) is 64.0 Å². The van der Waals surface area contributed by atoms with E-state index in [4.69, 9.17) is 14.5 Å². The maximum absolute atomic E-state index is 13.3. The number of nitrogens with one attached hydrogen (secondary N) is 1. The van der Waals surface area contributed by atoms with E-state index in [1.165, 1.54) is 33.4 Å². The van der Waals surface area contributed by atoms with Crippen molar-refractivity contribution in [2.24, 2.45) is 15.5 Å². The maximum Gasteiger partial charge on any atom is 0.273 e. The summed E-state index contributed by atoms with van der Waals surface area (Å²) in [7, 11) is 4.30. The molecule has 164 valence electrons. The van der Waals surface area contributed by atoms with Gasteiger partial charge in [0.2, 0.25) is 0 Å². The highest BCUT2D eigenvalue weighted by Gasteiger charge is 2.18. The monoisotopic (exact) mass is 428 g/mol. The number of amides is 1. The lowest BCUT2D eigenvalue weighted by Crippen LogP contribution is -2.29.